The highest BCUT2D eigenvalue weighted by molar-refractivity contribution is 5.77. The fraction of sp³-hybridized carbons (Fsp3) is 0.680. The Morgan fingerprint density at radius 3 is 2.68 bits per heavy atom. The zero-order chi connectivity index (χ0) is 24.3. The summed E-state index contributed by atoms with van der Waals surface area (Å²) in [6.07, 6.45) is 11.2. The van der Waals surface area contributed by atoms with Crippen molar-refractivity contribution in [3.8, 4) is 5.95 Å². The number of amides is 1. The number of anilines is 1. The van der Waals surface area contributed by atoms with Gasteiger partial charge in [0.2, 0.25) is 11.9 Å². The van der Waals surface area contributed by atoms with Crippen molar-refractivity contribution in [2.75, 3.05) is 31.2 Å². The molecule has 1 aliphatic heterocycles. The normalized spacial score (nSPS) is 16.3. The fourth-order valence-electron chi connectivity index (χ4n) is 4.57. The van der Waals surface area contributed by atoms with E-state index in [9.17, 15) is 4.79 Å². The van der Waals surface area contributed by atoms with Crippen LogP contribution in [-0.4, -0.2) is 64.1 Å². The van der Waals surface area contributed by atoms with Gasteiger partial charge in [-0.1, -0.05) is 6.92 Å². The molecule has 0 spiro atoms. The molecule has 2 aromatic rings. The number of imidazole rings is 1. The topological polar surface area (TPSA) is 94.4 Å². The van der Waals surface area contributed by atoms with Crippen LogP contribution in [0.4, 0.5) is 5.82 Å². The third-order valence-corrected chi connectivity index (χ3v) is 6.23. The van der Waals surface area contributed by atoms with Crippen LogP contribution in [0.3, 0.4) is 0 Å². The monoisotopic (exact) mass is 472 g/mol. The molecular weight excluding hydrogens is 432 g/mol. The number of carbonyl (C=O) groups excluding carboxylic acids is 1. The number of rotatable bonds is 13. The molecule has 1 atom stereocenters. The molecule has 1 N–H and O–H groups in total. The standard InChI is InChI=1S/C25H40N6O3/c1-5-21-19(4)28-25(30-16-14-26-18-30)29-24(21)31-15-9-8-11-20(31)17-22(32)27-13-10-12-23(33-6-2)34-7-3/h14,16,18,20,23H,5-13,15,17H2,1-4H3,(H,27,32). The molecule has 1 saturated heterocycles. The smallest absolute Gasteiger partial charge is 0.237 e. The number of hydrogen-bond acceptors (Lipinski definition) is 7. The predicted molar refractivity (Wildman–Crippen MR) is 132 cm³/mol. The van der Waals surface area contributed by atoms with Gasteiger partial charge in [0.15, 0.2) is 6.29 Å². The SMILES string of the molecule is CCOC(CCCNC(=O)CC1CCCCN1c1nc(-n2ccnc2)nc(C)c1CC)OCC. The van der Waals surface area contributed by atoms with Gasteiger partial charge >= 0.3 is 0 Å². The highest BCUT2D eigenvalue weighted by Gasteiger charge is 2.28. The summed E-state index contributed by atoms with van der Waals surface area (Å²) >= 11 is 0. The lowest BCUT2D eigenvalue weighted by Crippen LogP contribution is -2.44. The lowest BCUT2D eigenvalue weighted by molar-refractivity contribution is -0.140. The van der Waals surface area contributed by atoms with Crippen molar-refractivity contribution in [1.82, 2.24) is 24.8 Å². The lowest BCUT2D eigenvalue weighted by Gasteiger charge is -2.37. The molecule has 1 aliphatic rings. The molecular formula is C25H40N6O3. The minimum Gasteiger partial charge on any atom is -0.356 e. The van der Waals surface area contributed by atoms with Crippen LogP contribution in [0.1, 0.15) is 70.6 Å². The molecule has 0 bridgehead atoms. The van der Waals surface area contributed by atoms with Crippen LogP contribution >= 0.6 is 0 Å². The minimum atomic E-state index is -0.195. The van der Waals surface area contributed by atoms with Crippen molar-refractivity contribution < 1.29 is 14.3 Å². The second-order valence-electron chi connectivity index (χ2n) is 8.61. The molecule has 1 amide bonds. The molecule has 1 fully saturated rings. The summed E-state index contributed by atoms with van der Waals surface area (Å²) < 4.78 is 13.0. The van der Waals surface area contributed by atoms with Gasteiger partial charge in [-0.05, 0) is 52.9 Å². The van der Waals surface area contributed by atoms with E-state index < -0.39 is 0 Å². The third kappa shape index (κ3) is 6.99. The Bertz CT molecular complexity index is 883. The van der Waals surface area contributed by atoms with Gasteiger partial charge in [-0.3, -0.25) is 9.36 Å². The van der Waals surface area contributed by atoms with E-state index in [2.05, 4.69) is 22.1 Å². The summed E-state index contributed by atoms with van der Waals surface area (Å²) in [5.41, 5.74) is 2.12. The Morgan fingerprint density at radius 2 is 2.00 bits per heavy atom. The number of aromatic nitrogens is 4. The van der Waals surface area contributed by atoms with Crippen molar-refractivity contribution in [2.45, 2.75) is 85.0 Å². The summed E-state index contributed by atoms with van der Waals surface area (Å²) in [7, 11) is 0. The van der Waals surface area contributed by atoms with E-state index in [0.717, 1.165) is 62.1 Å². The summed E-state index contributed by atoms with van der Waals surface area (Å²) in [5.74, 6) is 1.65. The molecule has 1 unspecified atom stereocenters. The van der Waals surface area contributed by atoms with E-state index in [1.807, 2.05) is 31.5 Å². The Kier molecular flexibility index (Phi) is 10.3. The van der Waals surface area contributed by atoms with Gasteiger partial charge in [-0.2, -0.15) is 4.98 Å². The second-order valence-corrected chi connectivity index (χ2v) is 8.61. The molecule has 188 valence electrons. The van der Waals surface area contributed by atoms with E-state index in [4.69, 9.17) is 19.4 Å². The van der Waals surface area contributed by atoms with E-state index in [0.29, 0.717) is 32.1 Å². The number of nitrogens with one attached hydrogen (secondary N) is 1. The summed E-state index contributed by atoms with van der Waals surface area (Å²) in [5, 5.41) is 3.09. The van der Waals surface area contributed by atoms with Gasteiger partial charge in [0.05, 0.1) is 0 Å². The molecule has 0 aromatic carbocycles. The fourth-order valence-corrected chi connectivity index (χ4v) is 4.57. The molecule has 0 aliphatic carbocycles. The molecule has 2 aromatic heterocycles. The summed E-state index contributed by atoms with van der Waals surface area (Å²) in [4.78, 5) is 28.9. The van der Waals surface area contributed by atoms with Gasteiger partial charge in [0.1, 0.15) is 12.1 Å². The molecule has 34 heavy (non-hydrogen) atoms. The van der Waals surface area contributed by atoms with Crippen LogP contribution < -0.4 is 10.2 Å². The van der Waals surface area contributed by atoms with Crippen LogP contribution in [0.5, 0.6) is 0 Å². The van der Waals surface area contributed by atoms with Crippen LogP contribution in [0.2, 0.25) is 0 Å². The summed E-state index contributed by atoms with van der Waals surface area (Å²) in [6, 6.07) is 0.128. The van der Waals surface area contributed by atoms with E-state index in [-0.39, 0.29) is 18.2 Å². The van der Waals surface area contributed by atoms with Crippen molar-refractivity contribution in [3.05, 3.63) is 30.0 Å². The number of aryl methyl sites for hydroxylation is 1. The maximum Gasteiger partial charge on any atom is 0.237 e. The first kappa shape index (κ1) is 26.1. The average molecular weight is 473 g/mol. The van der Waals surface area contributed by atoms with Crippen LogP contribution in [0, 0.1) is 6.92 Å². The van der Waals surface area contributed by atoms with Crippen LogP contribution in [-0.2, 0) is 20.7 Å². The molecule has 0 radical (unpaired) electrons. The first-order valence-corrected chi connectivity index (χ1v) is 12.7. The van der Waals surface area contributed by atoms with Gasteiger partial charge in [-0.15, -0.1) is 0 Å². The highest BCUT2D eigenvalue weighted by atomic mass is 16.7. The predicted octanol–water partition coefficient (Wildman–Crippen LogP) is 3.58. The molecule has 9 heteroatoms. The van der Waals surface area contributed by atoms with Crippen molar-refractivity contribution in [2.24, 2.45) is 0 Å². The number of carbonyl (C=O) groups is 1. The van der Waals surface area contributed by atoms with Gasteiger partial charge in [0.25, 0.3) is 0 Å². The maximum absolute atomic E-state index is 12.8. The van der Waals surface area contributed by atoms with Crippen LogP contribution in [0.15, 0.2) is 18.7 Å². The second kappa shape index (κ2) is 13.4. The molecule has 3 heterocycles. The van der Waals surface area contributed by atoms with E-state index in [1.165, 1.54) is 0 Å². The largest absolute Gasteiger partial charge is 0.356 e. The Hall–Kier alpha value is -2.52. The van der Waals surface area contributed by atoms with Gasteiger partial charge in [0, 0.05) is 68.8 Å². The Balaban J connectivity index is 1.65. The number of ether oxygens (including phenoxy) is 2. The number of nitrogens with zero attached hydrogens (tertiary/aromatic N) is 5. The first-order chi connectivity index (χ1) is 16.6. The minimum absolute atomic E-state index is 0.0833. The highest BCUT2D eigenvalue weighted by Crippen LogP contribution is 2.30. The van der Waals surface area contributed by atoms with E-state index >= 15 is 0 Å². The van der Waals surface area contributed by atoms with Crippen molar-refractivity contribution >= 4 is 11.7 Å². The average Bonchev–Trinajstić information content (AvgIpc) is 3.37. The first-order valence-electron chi connectivity index (χ1n) is 12.7. The maximum atomic E-state index is 12.8. The summed E-state index contributed by atoms with van der Waals surface area (Å²) in [6.45, 7) is 10.9. The zero-order valence-corrected chi connectivity index (χ0v) is 21.1. The lowest BCUT2D eigenvalue weighted by atomic mass is 9.97. The molecule has 9 nitrogen and oxygen atoms in total. The van der Waals surface area contributed by atoms with Crippen molar-refractivity contribution in [1.29, 1.82) is 0 Å². The molecule has 3 rings (SSSR count). The number of piperidine rings is 1. The zero-order valence-electron chi connectivity index (χ0n) is 21.1. The quantitative estimate of drug-likeness (QED) is 0.352. The van der Waals surface area contributed by atoms with Gasteiger partial charge < -0.3 is 19.7 Å². The Labute approximate surface area is 203 Å². The van der Waals surface area contributed by atoms with E-state index in [1.54, 1.807) is 12.5 Å². The third-order valence-electron chi connectivity index (χ3n) is 6.23. The van der Waals surface area contributed by atoms with Gasteiger partial charge in [-0.25, -0.2) is 9.97 Å². The van der Waals surface area contributed by atoms with Crippen LogP contribution in [0.25, 0.3) is 5.95 Å². The molecule has 0 saturated carbocycles. The van der Waals surface area contributed by atoms with Crippen molar-refractivity contribution in [3.63, 3.8) is 0 Å². The Morgan fingerprint density at radius 1 is 1.21 bits per heavy atom. The number of hydrogen-bond donors (Lipinski definition) is 1.